The highest BCUT2D eigenvalue weighted by Gasteiger charge is 2.16. The Morgan fingerprint density at radius 3 is 2.61 bits per heavy atom. The molecule has 4 aromatic rings. The maximum absolute atomic E-state index is 12.8. The van der Waals surface area contributed by atoms with Crippen LogP contribution in [0.5, 0.6) is 0 Å². The van der Waals surface area contributed by atoms with E-state index < -0.39 is 0 Å². The van der Waals surface area contributed by atoms with Crippen molar-refractivity contribution in [3.63, 3.8) is 0 Å². The predicted molar refractivity (Wildman–Crippen MR) is 92.6 cm³/mol. The summed E-state index contributed by atoms with van der Waals surface area (Å²) in [6.45, 7) is 2.02. The number of hydrogen-bond donors (Lipinski definition) is 0. The van der Waals surface area contributed by atoms with Crippen molar-refractivity contribution < 1.29 is 0 Å². The Morgan fingerprint density at radius 2 is 1.87 bits per heavy atom. The van der Waals surface area contributed by atoms with Gasteiger partial charge in [-0.05, 0) is 37.4 Å². The van der Waals surface area contributed by atoms with Crippen molar-refractivity contribution in [3.05, 3.63) is 64.6 Å². The van der Waals surface area contributed by atoms with Gasteiger partial charge in [-0.3, -0.25) is 0 Å². The van der Waals surface area contributed by atoms with Gasteiger partial charge in [0.25, 0.3) is 0 Å². The van der Waals surface area contributed by atoms with E-state index >= 15 is 0 Å². The van der Waals surface area contributed by atoms with E-state index in [2.05, 4.69) is 10.1 Å². The zero-order valence-electron chi connectivity index (χ0n) is 12.7. The van der Waals surface area contributed by atoms with Crippen LogP contribution in [-0.4, -0.2) is 25.4 Å². The lowest BCUT2D eigenvalue weighted by molar-refractivity contribution is 0.807. The molecule has 2 aromatic heterocycles. The van der Waals surface area contributed by atoms with Crippen LogP contribution in [0.25, 0.3) is 22.2 Å². The number of nitrogens with zero attached hydrogens (tertiary/aromatic N) is 4. The van der Waals surface area contributed by atoms with Gasteiger partial charge < -0.3 is 0 Å². The molecule has 2 aromatic carbocycles. The molecule has 6 heteroatoms. The summed E-state index contributed by atoms with van der Waals surface area (Å²) in [4.78, 5) is 17.5. The lowest BCUT2D eigenvalue weighted by atomic mass is 10.2. The maximum atomic E-state index is 12.8. The third kappa shape index (κ3) is 2.14. The van der Waals surface area contributed by atoms with Gasteiger partial charge in [-0.25, -0.2) is 14.2 Å². The zero-order chi connectivity index (χ0) is 16.0. The van der Waals surface area contributed by atoms with Gasteiger partial charge in [-0.2, -0.15) is 4.68 Å². The Kier molecular flexibility index (Phi) is 3.20. The minimum atomic E-state index is -0.202. The summed E-state index contributed by atoms with van der Waals surface area (Å²) < 4.78 is 3.01. The molecule has 5 nitrogen and oxygen atoms in total. The molecule has 0 aliphatic carbocycles. The SMILES string of the molecule is CSc1nc2ccc(C)cc2c2nn(-c3ccccc3)c(=O)n12. The minimum absolute atomic E-state index is 0.202. The summed E-state index contributed by atoms with van der Waals surface area (Å²) in [5.74, 6) is 0. The summed E-state index contributed by atoms with van der Waals surface area (Å²) in [6.07, 6.45) is 1.91. The largest absolute Gasteiger partial charge is 0.357 e. The van der Waals surface area contributed by atoms with Crippen molar-refractivity contribution in [2.24, 2.45) is 0 Å². The summed E-state index contributed by atoms with van der Waals surface area (Å²) >= 11 is 1.44. The Bertz CT molecular complexity index is 1080. The standard InChI is InChI=1S/C17H14N4OS/c1-11-8-9-14-13(10-11)15-19-21(12-6-4-3-5-7-12)17(22)20(15)16(18-14)23-2/h3-10H,1-2H3. The van der Waals surface area contributed by atoms with Crippen molar-refractivity contribution >= 4 is 28.3 Å². The molecule has 0 aliphatic heterocycles. The quantitative estimate of drug-likeness (QED) is 0.420. The van der Waals surface area contributed by atoms with Crippen LogP contribution in [-0.2, 0) is 0 Å². The average Bonchev–Trinajstić information content (AvgIpc) is 2.93. The Balaban J connectivity index is 2.17. The fourth-order valence-electron chi connectivity index (χ4n) is 2.67. The third-order valence-electron chi connectivity index (χ3n) is 3.76. The van der Waals surface area contributed by atoms with E-state index in [1.807, 2.05) is 61.7 Å². The highest BCUT2D eigenvalue weighted by atomic mass is 32.2. The molecule has 2 heterocycles. The van der Waals surface area contributed by atoms with E-state index in [0.717, 1.165) is 22.2 Å². The average molecular weight is 322 g/mol. The van der Waals surface area contributed by atoms with E-state index in [-0.39, 0.29) is 5.69 Å². The van der Waals surface area contributed by atoms with Crippen molar-refractivity contribution in [1.82, 2.24) is 19.2 Å². The topological polar surface area (TPSA) is 52.2 Å². The van der Waals surface area contributed by atoms with Crippen LogP contribution >= 0.6 is 11.8 Å². The third-order valence-corrected chi connectivity index (χ3v) is 4.40. The lowest BCUT2D eigenvalue weighted by Gasteiger charge is -2.04. The molecular formula is C17H14N4OS. The van der Waals surface area contributed by atoms with Crippen molar-refractivity contribution in [2.75, 3.05) is 6.26 Å². The molecule has 0 radical (unpaired) electrons. The number of aromatic nitrogens is 4. The number of aryl methyl sites for hydroxylation is 1. The van der Waals surface area contributed by atoms with Gasteiger partial charge in [0.15, 0.2) is 10.8 Å². The van der Waals surface area contributed by atoms with Crippen LogP contribution in [0.4, 0.5) is 0 Å². The number of rotatable bonds is 2. The van der Waals surface area contributed by atoms with E-state index in [1.54, 1.807) is 4.40 Å². The van der Waals surface area contributed by atoms with E-state index in [9.17, 15) is 4.79 Å². The first kappa shape index (κ1) is 14.0. The second kappa shape index (κ2) is 5.24. The molecule has 0 fully saturated rings. The molecule has 0 unspecified atom stereocenters. The smallest absolute Gasteiger partial charge is 0.245 e. The molecule has 0 amide bonds. The van der Waals surface area contributed by atoms with Gasteiger partial charge in [0, 0.05) is 5.39 Å². The fourth-order valence-corrected chi connectivity index (χ4v) is 3.20. The van der Waals surface area contributed by atoms with E-state index in [0.29, 0.717) is 10.8 Å². The van der Waals surface area contributed by atoms with E-state index in [4.69, 9.17) is 0 Å². The zero-order valence-corrected chi connectivity index (χ0v) is 13.5. The molecule has 114 valence electrons. The van der Waals surface area contributed by atoms with E-state index in [1.165, 1.54) is 16.4 Å². The second-order valence-electron chi connectivity index (χ2n) is 5.31. The van der Waals surface area contributed by atoms with Gasteiger partial charge in [0.2, 0.25) is 0 Å². The van der Waals surface area contributed by atoms with Crippen LogP contribution in [0, 0.1) is 6.92 Å². The number of thioether (sulfide) groups is 1. The normalized spacial score (nSPS) is 11.4. The molecule has 4 rings (SSSR count). The predicted octanol–water partition coefficient (Wildman–Crippen LogP) is 3.06. The van der Waals surface area contributed by atoms with Crippen LogP contribution in [0.15, 0.2) is 58.5 Å². The summed E-state index contributed by atoms with van der Waals surface area (Å²) in [6, 6.07) is 15.4. The summed E-state index contributed by atoms with van der Waals surface area (Å²) in [7, 11) is 0. The van der Waals surface area contributed by atoms with Gasteiger partial charge in [-0.1, -0.05) is 41.6 Å². The number of hydrogen-bond acceptors (Lipinski definition) is 4. The van der Waals surface area contributed by atoms with Crippen LogP contribution < -0.4 is 5.69 Å². The van der Waals surface area contributed by atoms with Gasteiger partial charge >= 0.3 is 5.69 Å². The first-order valence-corrected chi connectivity index (χ1v) is 8.43. The second-order valence-corrected chi connectivity index (χ2v) is 6.08. The first-order chi connectivity index (χ1) is 11.2. The number of benzene rings is 2. The summed E-state index contributed by atoms with van der Waals surface area (Å²) in [5, 5.41) is 6.10. The van der Waals surface area contributed by atoms with Crippen molar-refractivity contribution in [3.8, 4) is 5.69 Å². The first-order valence-electron chi connectivity index (χ1n) is 7.20. The molecule has 0 N–H and O–H groups in total. The monoisotopic (exact) mass is 322 g/mol. The maximum Gasteiger partial charge on any atom is 0.357 e. The molecule has 0 spiro atoms. The van der Waals surface area contributed by atoms with Gasteiger partial charge in [0.1, 0.15) is 0 Å². The summed E-state index contributed by atoms with van der Waals surface area (Å²) in [5.41, 5.74) is 3.13. The van der Waals surface area contributed by atoms with Crippen molar-refractivity contribution in [2.45, 2.75) is 12.1 Å². The Hall–Kier alpha value is -2.60. The fraction of sp³-hybridized carbons (Fsp3) is 0.118. The molecule has 0 atom stereocenters. The number of para-hydroxylation sites is 1. The lowest BCUT2D eigenvalue weighted by Crippen LogP contribution is -2.20. The Labute approximate surface area is 136 Å². The van der Waals surface area contributed by atoms with Gasteiger partial charge in [0.05, 0.1) is 11.2 Å². The molecule has 0 aliphatic rings. The molecule has 0 saturated heterocycles. The molecule has 0 bridgehead atoms. The van der Waals surface area contributed by atoms with Crippen molar-refractivity contribution in [1.29, 1.82) is 0 Å². The van der Waals surface area contributed by atoms with Crippen LogP contribution in [0.1, 0.15) is 5.56 Å². The minimum Gasteiger partial charge on any atom is -0.245 e. The molecular weight excluding hydrogens is 308 g/mol. The highest BCUT2D eigenvalue weighted by Crippen LogP contribution is 2.23. The molecule has 0 saturated carbocycles. The number of fused-ring (bicyclic) bond motifs is 3. The molecule has 23 heavy (non-hydrogen) atoms. The van der Waals surface area contributed by atoms with Gasteiger partial charge in [-0.15, -0.1) is 5.10 Å². The van der Waals surface area contributed by atoms with Crippen LogP contribution in [0.2, 0.25) is 0 Å². The highest BCUT2D eigenvalue weighted by molar-refractivity contribution is 7.98. The van der Waals surface area contributed by atoms with Crippen LogP contribution in [0.3, 0.4) is 0 Å². The Morgan fingerprint density at radius 1 is 1.09 bits per heavy atom.